The predicted octanol–water partition coefficient (Wildman–Crippen LogP) is -3.76. The molecule has 3 N–H and O–H groups in total. The molecule has 0 fully saturated rings. The molecule has 0 aromatic rings. The van der Waals surface area contributed by atoms with Crippen LogP contribution in [0, 0.1) is 0 Å². The Labute approximate surface area is 64.1 Å². The zero-order chi connectivity index (χ0) is 6.99. The number of allylic oxidation sites excluding steroid dienone is 1. The van der Waals surface area contributed by atoms with Crippen molar-refractivity contribution in [2.45, 2.75) is 6.92 Å². The Balaban J connectivity index is -0.0000000720. The first-order valence-corrected chi connectivity index (χ1v) is 2.74. The molecule has 3 heteroatoms. The third kappa shape index (κ3) is 418. The van der Waals surface area contributed by atoms with E-state index in [4.69, 9.17) is 5.73 Å². The summed E-state index contributed by atoms with van der Waals surface area (Å²) in [5, 5.41) is 0. The minimum atomic E-state index is 0. The predicted molar refractivity (Wildman–Crippen MR) is 37.7 cm³/mol. The molecule has 0 saturated carbocycles. The van der Waals surface area contributed by atoms with Crippen LogP contribution in [-0.4, -0.2) is 21.1 Å². The molecule has 0 aromatic carbocycles. The van der Waals surface area contributed by atoms with Crippen molar-refractivity contribution >= 4 is 0 Å². The number of hydrogen-bond donors (Lipinski definition) is 2. The molecule has 0 rings (SSSR count). The molecular weight excluding hydrogens is 136 g/mol. The first kappa shape index (κ1) is 15.9. The second kappa shape index (κ2) is 15.7. The van der Waals surface area contributed by atoms with Gasteiger partial charge in [0, 0.05) is 0 Å². The van der Waals surface area contributed by atoms with Crippen molar-refractivity contribution in [1.29, 1.82) is 0 Å². The van der Waals surface area contributed by atoms with E-state index in [-0.39, 0.29) is 12.4 Å². The summed E-state index contributed by atoms with van der Waals surface area (Å²) in [6.45, 7) is 1.88. The number of quaternary nitrogens is 1. The van der Waals surface area contributed by atoms with Gasteiger partial charge in [-0.25, -0.2) is 0 Å². The minimum absolute atomic E-state index is 0. The van der Waals surface area contributed by atoms with Gasteiger partial charge in [-0.1, -0.05) is 6.08 Å². The van der Waals surface area contributed by atoms with Crippen LogP contribution in [0.2, 0.25) is 0 Å². The summed E-state index contributed by atoms with van der Waals surface area (Å²) in [6, 6.07) is 0. The highest BCUT2D eigenvalue weighted by molar-refractivity contribution is 4.66. The molecule has 0 unspecified atom stereocenters. The molecule has 0 atom stereocenters. The van der Waals surface area contributed by atoms with Crippen molar-refractivity contribution in [3.8, 4) is 0 Å². The van der Waals surface area contributed by atoms with E-state index in [0.29, 0.717) is 0 Å². The van der Waals surface area contributed by atoms with Crippen LogP contribution in [0.15, 0.2) is 12.3 Å². The SMILES string of the molecule is CC=CN.C[NH+](C)C.[Cl-]. The van der Waals surface area contributed by atoms with E-state index in [1.54, 1.807) is 6.08 Å². The summed E-state index contributed by atoms with van der Waals surface area (Å²) in [5.41, 5.74) is 4.85. The van der Waals surface area contributed by atoms with Crippen molar-refractivity contribution < 1.29 is 17.3 Å². The molecule has 0 aliphatic rings. The summed E-state index contributed by atoms with van der Waals surface area (Å²) < 4.78 is 0. The van der Waals surface area contributed by atoms with Crippen LogP contribution >= 0.6 is 0 Å². The molecule has 0 bridgehead atoms. The molecule has 0 saturated heterocycles. The number of rotatable bonds is 0. The maximum Gasteiger partial charge on any atom is 0.0661 e. The van der Waals surface area contributed by atoms with Crippen LogP contribution in [0.4, 0.5) is 0 Å². The Morgan fingerprint density at radius 1 is 1.22 bits per heavy atom. The molecule has 0 spiro atoms. The van der Waals surface area contributed by atoms with Gasteiger partial charge in [0.15, 0.2) is 0 Å². The molecule has 0 aliphatic carbocycles. The summed E-state index contributed by atoms with van der Waals surface area (Å²) in [6.07, 6.45) is 3.28. The van der Waals surface area contributed by atoms with E-state index < -0.39 is 0 Å². The summed E-state index contributed by atoms with van der Waals surface area (Å²) in [5.74, 6) is 0. The summed E-state index contributed by atoms with van der Waals surface area (Å²) in [4.78, 5) is 1.42. The Morgan fingerprint density at radius 2 is 1.33 bits per heavy atom. The molecule has 9 heavy (non-hydrogen) atoms. The van der Waals surface area contributed by atoms with Crippen LogP contribution < -0.4 is 23.0 Å². The third-order valence-corrected chi connectivity index (χ3v) is 0.192. The average Bonchev–Trinajstić information content (AvgIpc) is 1.65. The van der Waals surface area contributed by atoms with Crippen LogP contribution in [0.5, 0.6) is 0 Å². The highest BCUT2D eigenvalue weighted by atomic mass is 35.5. The summed E-state index contributed by atoms with van der Waals surface area (Å²) in [7, 11) is 6.25. The third-order valence-electron chi connectivity index (χ3n) is 0.192. The van der Waals surface area contributed by atoms with E-state index in [1.807, 2.05) is 6.92 Å². The quantitative estimate of drug-likeness (QED) is 0.367. The van der Waals surface area contributed by atoms with Gasteiger partial charge in [0.25, 0.3) is 0 Å². The van der Waals surface area contributed by atoms with E-state index in [2.05, 4.69) is 21.1 Å². The van der Waals surface area contributed by atoms with E-state index in [1.165, 1.54) is 11.1 Å². The molecule has 0 heterocycles. The second-order valence-electron chi connectivity index (χ2n) is 2.03. The number of nitrogens with one attached hydrogen (secondary N) is 1. The number of nitrogens with two attached hydrogens (primary N) is 1. The fraction of sp³-hybridized carbons (Fsp3) is 0.667. The van der Waals surface area contributed by atoms with Crippen molar-refractivity contribution in [2.24, 2.45) is 5.73 Å². The highest BCUT2D eigenvalue weighted by Crippen LogP contribution is 1.47. The first-order valence-electron chi connectivity index (χ1n) is 2.74. The molecule has 0 aromatic heterocycles. The molecule has 0 amide bonds. The van der Waals surface area contributed by atoms with Crippen molar-refractivity contribution in [2.75, 3.05) is 21.1 Å². The normalized spacial score (nSPS) is 8.11. The van der Waals surface area contributed by atoms with Gasteiger partial charge in [-0.2, -0.15) is 0 Å². The first-order chi connectivity index (χ1) is 3.65. The lowest BCUT2D eigenvalue weighted by Crippen LogP contribution is -3.02. The van der Waals surface area contributed by atoms with Gasteiger partial charge in [-0.05, 0) is 13.1 Å². The lowest BCUT2D eigenvalue weighted by atomic mass is 10.7. The second-order valence-corrected chi connectivity index (χ2v) is 2.03. The number of hydrogen-bond acceptors (Lipinski definition) is 1. The fourth-order valence-electron chi connectivity index (χ4n) is 0. The lowest BCUT2D eigenvalue weighted by molar-refractivity contribution is -0.836. The standard InChI is InChI=1S/C3H9N.C3H7N.ClH/c1-4(2)3;1-2-3-4;/h1-3H3;2-3H,4H2,1H3;1H. The van der Waals surface area contributed by atoms with Crippen LogP contribution in [-0.2, 0) is 0 Å². The zero-order valence-electron chi connectivity index (χ0n) is 6.61. The van der Waals surface area contributed by atoms with Crippen molar-refractivity contribution in [1.82, 2.24) is 0 Å². The van der Waals surface area contributed by atoms with Gasteiger partial charge in [0.1, 0.15) is 0 Å². The minimum Gasteiger partial charge on any atom is -1.00 e. The Bertz CT molecular complexity index is 46.3. The van der Waals surface area contributed by atoms with Crippen LogP contribution in [0.3, 0.4) is 0 Å². The topological polar surface area (TPSA) is 30.5 Å². The Morgan fingerprint density at radius 3 is 1.33 bits per heavy atom. The van der Waals surface area contributed by atoms with Gasteiger partial charge in [-0.15, -0.1) is 0 Å². The maximum atomic E-state index is 4.85. The molecule has 0 radical (unpaired) electrons. The maximum absolute atomic E-state index is 4.85. The smallest absolute Gasteiger partial charge is 0.0661 e. The zero-order valence-corrected chi connectivity index (χ0v) is 7.37. The average molecular weight is 153 g/mol. The van der Waals surface area contributed by atoms with Gasteiger partial charge < -0.3 is 23.0 Å². The highest BCUT2D eigenvalue weighted by Gasteiger charge is 1.61. The van der Waals surface area contributed by atoms with Gasteiger partial charge in [0.2, 0.25) is 0 Å². The van der Waals surface area contributed by atoms with Crippen molar-refractivity contribution in [3.63, 3.8) is 0 Å². The molecule has 2 nitrogen and oxygen atoms in total. The van der Waals surface area contributed by atoms with Crippen molar-refractivity contribution in [3.05, 3.63) is 12.3 Å². The van der Waals surface area contributed by atoms with Gasteiger partial charge in [0.05, 0.1) is 21.1 Å². The monoisotopic (exact) mass is 152 g/mol. The Kier molecular flexibility index (Phi) is 27.7. The van der Waals surface area contributed by atoms with Gasteiger partial charge >= 0.3 is 0 Å². The van der Waals surface area contributed by atoms with E-state index in [9.17, 15) is 0 Å². The Hall–Kier alpha value is -0.210. The van der Waals surface area contributed by atoms with E-state index >= 15 is 0 Å². The van der Waals surface area contributed by atoms with Crippen LogP contribution in [0.1, 0.15) is 6.92 Å². The lowest BCUT2D eigenvalue weighted by Gasteiger charge is -1.88. The largest absolute Gasteiger partial charge is 1.00 e. The molecule has 0 aliphatic heterocycles. The molecular formula is C6H17ClN2. The van der Waals surface area contributed by atoms with Gasteiger partial charge in [-0.3, -0.25) is 0 Å². The van der Waals surface area contributed by atoms with Crippen LogP contribution in [0.25, 0.3) is 0 Å². The summed E-state index contributed by atoms with van der Waals surface area (Å²) >= 11 is 0. The number of halogens is 1. The molecule has 58 valence electrons. The van der Waals surface area contributed by atoms with E-state index in [0.717, 1.165) is 0 Å². The fourth-order valence-corrected chi connectivity index (χ4v) is 0.